The van der Waals surface area contributed by atoms with Crippen molar-refractivity contribution in [1.29, 1.82) is 0 Å². The molecule has 0 spiro atoms. The number of aldehydes is 1. The van der Waals surface area contributed by atoms with Crippen LogP contribution in [-0.4, -0.2) is 13.3 Å². The Bertz CT molecular complexity index is 138. The quantitative estimate of drug-likeness (QED) is 0.321. The van der Waals surface area contributed by atoms with Gasteiger partial charge in [-0.25, -0.2) is 0 Å². The van der Waals surface area contributed by atoms with E-state index in [-0.39, 0.29) is 0 Å². The van der Waals surface area contributed by atoms with Crippen molar-refractivity contribution >= 4 is 6.29 Å². The monoisotopic (exact) mass is 126 g/mol. The van der Waals surface area contributed by atoms with Crippen LogP contribution < -0.4 is 0 Å². The molecule has 0 atom stereocenters. The zero-order chi connectivity index (χ0) is 7.11. The van der Waals surface area contributed by atoms with Gasteiger partial charge in [0.1, 0.15) is 6.29 Å². The lowest BCUT2D eigenvalue weighted by Crippen LogP contribution is -1.73. The van der Waals surface area contributed by atoms with Crippen molar-refractivity contribution in [2.24, 2.45) is 10.2 Å². The molecule has 0 saturated heterocycles. The molecule has 3 nitrogen and oxygen atoms in total. The van der Waals surface area contributed by atoms with Gasteiger partial charge in [0.15, 0.2) is 0 Å². The SMILES string of the molecule is CCC(=C\C=O)/N=N/C. The lowest BCUT2D eigenvalue weighted by Gasteiger charge is -1.87. The summed E-state index contributed by atoms with van der Waals surface area (Å²) in [5, 5.41) is 7.21. The van der Waals surface area contributed by atoms with Gasteiger partial charge in [0.05, 0.1) is 5.70 Å². The average molecular weight is 126 g/mol. The first-order valence-electron chi connectivity index (χ1n) is 2.79. The molecule has 0 N–H and O–H groups in total. The number of carbonyl (C=O) groups excluding carboxylic acids is 1. The van der Waals surface area contributed by atoms with E-state index in [2.05, 4.69) is 10.2 Å². The lowest BCUT2D eigenvalue weighted by atomic mass is 10.3. The van der Waals surface area contributed by atoms with Gasteiger partial charge >= 0.3 is 0 Å². The smallest absolute Gasteiger partial charge is 0.144 e. The fourth-order valence-corrected chi connectivity index (χ4v) is 0.429. The van der Waals surface area contributed by atoms with E-state index < -0.39 is 0 Å². The topological polar surface area (TPSA) is 41.8 Å². The molecule has 0 bridgehead atoms. The first-order chi connectivity index (χ1) is 4.35. The number of hydrogen-bond donors (Lipinski definition) is 0. The zero-order valence-electron chi connectivity index (χ0n) is 5.66. The van der Waals surface area contributed by atoms with E-state index >= 15 is 0 Å². The van der Waals surface area contributed by atoms with Gasteiger partial charge in [-0.3, -0.25) is 4.79 Å². The molecule has 0 aliphatic heterocycles. The molecule has 9 heavy (non-hydrogen) atoms. The Morgan fingerprint density at radius 2 is 2.33 bits per heavy atom. The largest absolute Gasteiger partial charge is 0.298 e. The number of allylic oxidation sites excluding steroid dienone is 2. The minimum atomic E-state index is 0.715. The number of carbonyl (C=O) groups is 1. The Balaban J connectivity index is 3.96. The summed E-state index contributed by atoms with van der Waals surface area (Å²) in [4.78, 5) is 9.87. The third kappa shape index (κ3) is 3.58. The molecule has 0 unspecified atom stereocenters. The van der Waals surface area contributed by atoms with E-state index in [1.807, 2.05) is 6.92 Å². The summed E-state index contributed by atoms with van der Waals surface area (Å²) in [6.07, 6.45) is 2.87. The normalized spacial score (nSPS) is 12.4. The summed E-state index contributed by atoms with van der Waals surface area (Å²) in [7, 11) is 1.58. The van der Waals surface area contributed by atoms with Crippen molar-refractivity contribution in [2.45, 2.75) is 13.3 Å². The summed E-state index contributed by atoms with van der Waals surface area (Å²) < 4.78 is 0. The van der Waals surface area contributed by atoms with Gasteiger partial charge in [0.25, 0.3) is 0 Å². The van der Waals surface area contributed by atoms with Crippen molar-refractivity contribution in [3.63, 3.8) is 0 Å². The molecule has 0 aromatic rings. The van der Waals surface area contributed by atoms with E-state index in [0.717, 1.165) is 6.42 Å². The van der Waals surface area contributed by atoms with Crippen LogP contribution in [0.25, 0.3) is 0 Å². The van der Waals surface area contributed by atoms with E-state index in [0.29, 0.717) is 12.0 Å². The summed E-state index contributed by atoms with van der Waals surface area (Å²) in [5.41, 5.74) is 0.715. The fraction of sp³-hybridized carbons (Fsp3) is 0.500. The first-order valence-corrected chi connectivity index (χ1v) is 2.79. The second kappa shape index (κ2) is 5.15. The maximum Gasteiger partial charge on any atom is 0.144 e. The molecule has 0 fully saturated rings. The summed E-state index contributed by atoms with van der Waals surface area (Å²) in [6, 6.07) is 0. The molecule has 0 aliphatic rings. The number of azo groups is 1. The Hall–Kier alpha value is -0.990. The summed E-state index contributed by atoms with van der Waals surface area (Å²) in [6.45, 7) is 1.92. The standard InChI is InChI=1S/C6H10N2O/c1-3-6(4-5-9)8-7-2/h4-5H,3H2,1-2H3/b6-4+,8-7+. The van der Waals surface area contributed by atoms with E-state index in [4.69, 9.17) is 0 Å². The lowest BCUT2D eigenvalue weighted by molar-refractivity contribution is -0.104. The van der Waals surface area contributed by atoms with Gasteiger partial charge in [-0.1, -0.05) is 6.92 Å². The molecule has 3 heteroatoms. The van der Waals surface area contributed by atoms with Crippen LogP contribution in [0.5, 0.6) is 0 Å². The van der Waals surface area contributed by atoms with Crippen LogP contribution in [0, 0.1) is 0 Å². The van der Waals surface area contributed by atoms with E-state index in [1.54, 1.807) is 7.05 Å². The zero-order valence-corrected chi connectivity index (χ0v) is 5.66. The second-order valence-electron chi connectivity index (χ2n) is 1.45. The maximum absolute atomic E-state index is 9.87. The molecular weight excluding hydrogens is 116 g/mol. The highest BCUT2D eigenvalue weighted by Crippen LogP contribution is 1.99. The minimum Gasteiger partial charge on any atom is -0.298 e. The first kappa shape index (κ1) is 8.01. The van der Waals surface area contributed by atoms with Crippen molar-refractivity contribution in [3.8, 4) is 0 Å². The van der Waals surface area contributed by atoms with Gasteiger partial charge in [-0.15, -0.1) is 0 Å². The van der Waals surface area contributed by atoms with Crippen LogP contribution in [0.2, 0.25) is 0 Å². The third-order valence-corrected chi connectivity index (χ3v) is 0.851. The van der Waals surface area contributed by atoms with Crippen molar-refractivity contribution in [2.75, 3.05) is 7.05 Å². The second-order valence-corrected chi connectivity index (χ2v) is 1.45. The number of rotatable bonds is 3. The van der Waals surface area contributed by atoms with Gasteiger partial charge in [0, 0.05) is 13.1 Å². The molecule has 0 saturated carbocycles. The average Bonchev–Trinajstić information content (AvgIpc) is 1.88. The molecule has 0 aliphatic carbocycles. The van der Waals surface area contributed by atoms with Crippen molar-refractivity contribution < 1.29 is 4.79 Å². The van der Waals surface area contributed by atoms with E-state index in [9.17, 15) is 4.79 Å². The Morgan fingerprint density at radius 3 is 2.67 bits per heavy atom. The van der Waals surface area contributed by atoms with Crippen LogP contribution in [0.4, 0.5) is 0 Å². The molecule has 0 heterocycles. The van der Waals surface area contributed by atoms with Crippen LogP contribution >= 0.6 is 0 Å². The summed E-state index contributed by atoms with van der Waals surface area (Å²) in [5.74, 6) is 0. The van der Waals surface area contributed by atoms with Crippen molar-refractivity contribution in [1.82, 2.24) is 0 Å². The van der Waals surface area contributed by atoms with Gasteiger partial charge in [-0.2, -0.15) is 10.2 Å². The van der Waals surface area contributed by atoms with Crippen LogP contribution in [0.15, 0.2) is 22.0 Å². The van der Waals surface area contributed by atoms with E-state index in [1.165, 1.54) is 6.08 Å². The fourth-order valence-electron chi connectivity index (χ4n) is 0.429. The van der Waals surface area contributed by atoms with Gasteiger partial charge < -0.3 is 0 Å². The van der Waals surface area contributed by atoms with Crippen LogP contribution in [0.3, 0.4) is 0 Å². The Morgan fingerprint density at radius 1 is 1.67 bits per heavy atom. The molecule has 0 rings (SSSR count). The number of hydrogen-bond acceptors (Lipinski definition) is 3. The number of nitrogens with zero attached hydrogens (tertiary/aromatic N) is 2. The molecular formula is C6H10N2O. The van der Waals surface area contributed by atoms with Crippen molar-refractivity contribution in [3.05, 3.63) is 11.8 Å². The van der Waals surface area contributed by atoms with Gasteiger partial charge in [-0.05, 0) is 6.42 Å². The highest BCUT2D eigenvalue weighted by Gasteiger charge is 1.85. The van der Waals surface area contributed by atoms with Crippen LogP contribution in [-0.2, 0) is 4.79 Å². The van der Waals surface area contributed by atoms with Gasteiger partial charge in [0.2, 0.25) is 0 Å². The molecule has 50 valence electrons. The predicted octanol–water partition coefficient (Wildman–Crippen LogP) is 1.56. The summed E-state index contributed by atoms with van der Waals surface area (Å²) >= 11 is 0. The van der Waals surface area contributed by atoms with Crippen LogP contribution in [0.1, 0.15) is 13.3 Å². The highest BCUT2D eigenvalue weighted by molar-refractivity contribution is 5.65. The predicted molar refractivity (Wildman–Crippen MR) is 35.2 cm³/mol. The Labute approximate surface area is 54.5 Å². The molecule has 0 radical (unpaired) electrons. The molecule has 0 aromatic heterocycles. The maximum atomic E-state index is 9.87. The molecule has 0 aromatic carbocycles. The molecule has 0 amide bonds. The third-order valence-electron chi connectivity index (χ3n) is 0.851. The minimum absolute atomic E-state index is 0.715. The Kier molecular flexibility index (Phi) is 4.59. The highest BCUT2D eigenvalue weighted by atomic mass is 16.1.